The Balaban J connectivity index is 1.39. The summed E-state index contributed by atoms with van der Waals surface area (Å²) in [5.41, 5.74) is 0. The normalized spacial score (nSPS) is 26.3. The molecule has 4 heterocycles. The average Bonchev–Trinajstić information content (AvgIpc) is 3.24. The van der Waals surface area contributed by atoms with Gasteiger partial charge >= 0.3 is 0 Å². The Morgan fingerprint density at radius 1 is 1.23 bits per heavy atom. The number of halogens is 1. The van der Waals surface area contributed by atoms with Gasteiger partial charge in [-0.05, 0) is 43.5 Å². The molecule has 0 radical (unpaired) electrons. The lowest BCUT2D eigenvalue weighted by atomic mass is 9.95. The molecule has 0 saturated carbocycles. The van der Waals surface area contributed by atoms with E-state index in [0.29, 0.717) is 26.4 Å². The van der Waals surface area contributed by atoms with Crippen LogP contribution < -0.4 is 15.4 Å². The maximum Gasteiger partial charge on any atom is 0.261 e. The lowest BCUT2D eigenvalue weighted by Crippen LogP contribution is -2.42. The summed E-state index contributed by atoms with van der Waals surface area (Å²) in [6.45, 7) is 0. The second kappa shape index (κ2) is 5.85. The van der Waals surface area contributed by atoms with E-state index in [1.165, 1.54) is 29.1 Å². The first-order valence-corrected chi connectivity index (χ1v) is 9.28. The first kappa shape index (κ1) is 14.5. The Hall–Kier alpha value is -1.08. The number of carbonyl (C=O) groups is 1. The monoisotopic (exact) mass is 354 g/mol. The van der Waals surface area contributed by atoms with Crippen molar-refractivity contribution in [3.8, 4) is 10.1 Å². The van der Waals surface area contributed by atoms with Crippen LogP contribution in [-0.2, 0) is 0 Å². The van der Waals surface area contributed by atoms with Crippen LogP contribution in [0.3, 0.4) is 0 Å². The molecule has 2 aliphatic rings. The van der Waals surface area contributed by atoms with Crippen LogP contribution in [0, 0.1) is 0 Å². The first-order chi connectivity index (χ1) is 10.7. The minimum absolute atomic E-state index is 0.0107. The van der Waals surface area contributed by atoms with Gasteiger partial charge in [0.25, 0.3) is 5.91 Å². The van der Waals surface area contributed by atoms with E-state index in [-0.39, 0.29) is 11.9 Å². The van der Waals surface area contributed by atoms with Crippen molar-refractivity contribution in [2.24, 2.45) is 0 Å². The quantitative estimate of drug-likeness (QED) is 0.876. The van der Waals surface area contributed by atoms with Gasteiger partial charge in [0.15, 0.2) is 10.1 Å². The Morgan fingerprint density at radius 2 is 2.05 bits per heavy atom. The molecule has 2 N–H and O–H groups in total. The zero-order valence-electron chi connectivity index (χ0n) is 11.7. The Morgan fingerprint density at radius 3 is 2.73 bits per heavy atom. The zero-order valence-corrected chi connectivity index (χ0v) is 14.1. The van der Waals surface area contributed by atoms with Crippen molar-refractivity contribution in [1.29, 1.82) is 0 Å². The summed E-state index contributed by atoms with van der Waals surface area (Å²) in [7, 11) is 0. The molecule has 1 amide bonds. The molecule has 22 heavy (non-hydrogen) atoms. The third kappa shape index (κ3) is 2.88. The van der Waals surface area contributed by atoms with Crippen molar-refractivity contribution in [3.05, 3.63) is 33.5 Å². The SMILES string of the molecule is O=C(N[C@@H]1C[C@H]2CC[C@@H]1N2)c1ccc(Oc2ccc(Cl)s2)s1. The Labute approximate surface area is 141 Å². The highest BCUT2D eigenvalue weighted by Crippen LogP contribution is 2.35. The van der Waals surface area contributed by atoms with E-state index in [1.54, 1.807) is 6.07 Å². The van der Waals surface area contributed by atoms with E-state index in [1.807, 2.05) is 18.2 Å². The minimum atomic E-state index is -0.0107. The molecule has 3 atom stereocenters. The molecule has 2 bridgehead atoms. The predicted molar refractivity (Wildman–Crippen MR) is 89.5 cm³/mol. The zero-order chi connectivity index (χ0) is 15.1. The van der Waals surface area contributed by atoms with E-state index in [0.717, 1.165) is 17.9 Å². The van der Waals surface area contributed by atoms with Crippen LogP contribution in [0.1, 0.15) is 28.9 Å². The molecule has 0 spiro atoms. The summed E-state index contributed by atoms with van der Waals surface area (Å²) < 4.78 is 6.40. The Kier molecular flexibility index (Phi) is 3.86. The predicted octanol–water partition coefficient (Wildman–Crippen LogP) is 3.88. The van der Waals surface area contributed by atoms with E-state index in [9.17, 15) is 4.79 Å². The summed E-state index contributed by atoms with van der Waals surface area (Å²) >= 11 is 8.61. The van der Waals surface area contributed by atoms with Crippen molar-refractivity contribution < 1.29 is 9.53 Å². The van der Waals surface area contributed by atoms with Crippen LogP contribution in [0.5, 0.6) is 10.1 Å². The fourth-order valence-corrected chi connectivity index (χ4v) is 4.88. The van der Waals surface area contributed by atoms with Gasteiger partial charge in [-0.2, -0.15) is 0 Å². The number of hydrogen-bond donors (Lipinski definition) is 2. The van der Waals surface area contributed by atoms with Crippen molar-refractivity contribution in [2.45, 2.75) is 37.4 Å². The van der Waals surface area contributed by atoms with Crippen LogP contribution in [0.15, 0.2) is 24.3 Å². The summed E-state index contributed by atoms with van der Waals surface area (Å²) in [5, 5.41) is 8.11. The minimum Gasteiger partial charge on any atom is -0.436 e. The summed E-state index contributed by atoms with van der Waals surface area (Å²) in [6, 6.07) is 8.54. The van der Waals surface area contributed by atoms with Gasteiger partial charge in [0.2, 0.25) is 0 Å². The molecule has 4 nitrogen and oxygen atoms in total. The number of thiophene rings is 2. The van der Waals surface area contributed by atoms with Crippen LogP contribution in [0.4, 0.5) is 0 Å². The van der Waals surface area contributed by atoms with Crippen LogP contribution in [0.2, 0.25) is 4.34 Å². The number of rotatable bonds is 4. The van der Waals surface area contributed by atoms with Gasteiger partial charge in [0, 0.05) is 18.1 Å². The first-order valence-electron chi connectivity index (χ1n) is 7.27. The van der Waals surface area contributed by atoms with Crippen molar-refractivity contribution in [3.63, 3.8) is 0 Å². The van der Waals surface area contributed by atoms with Crippen LogP contribution >= 0.6 is 34.3 Å². The molecule has 7 heteroatoms. The standard InChI is InChI=1S/C15H15ClN2O2S2/c16-12-4-6-14(22-12)20-13-5-3-11(21-13)15(19)18-10-7-8-1-2-9(10)17-8/h3-6,8-10,17H,1-2,7H2,(H,18,19)/t8-,9+,10-/m1/s1. The molecule has 0 unspecified atom stereocenters. The van der Waals surface area contributed by atoms with E-state index >= 15 is 0 Å². The van der Waals surface area contributed by atoms with E-state index < -0.39 is 0 Å². The molecule has 2 aliphatic heterocycles. The molecule has 2 aromatic rings. The molecule has 0 aromatic carbocycles. The molecule has 4 rings (SSSR count). The molecule has 116 valence electrons. The molecule has 0 aliphatic carbocycles. The van der Waals surface area contributed by atoms with E-state index in [2.05, 4.69) is 10.6 Å². The average molecular weight is 355 g/mol. The number of nitrogens with one attached hydrogen (secondary N) is 2. The maximum atomic E-state index is 12.3. The molecular formula is C15H15ClN2O2S2. The molecular weight excluding hydrogens is 340 g/mol. The van der Waals surface area contributed by atoms with Crippen molar-refractivity contribution in [2.75, 3.05) is 0 Å². The second-order valence-electron chi connectivity index (χ2n) is 5.64. The topological polar surface area (TPSA) is 50.4 Å². The largest absolute Gasteiger partial charge is 0.436 e. The third-order valence-electron chi connectivity index (χ3n) is 4.17. The van der Waals surface area contributed by atoms with Crippen molar-refractivity contribution in [1.82, 2.24) is 10.6 Å². The lowest BCUT2D eigenvalue weighted by Gasteiger charge is -2.20. The lowest BCUT2D eigenvalue weighted by molar-refractivity contribution is 0.0935. The summed E-state index contributed by atoms with van der Waals surface area (Å²) in [5.74, 6) is -0.0107. The fraction of sp³-hybridized carbons (Fsp3) is 0.400. The van der Waals surface area contributed by atoms with Gasteiger partial charge in [-0.15, -0.1) is 0 Å². The van der Waals surface area contributed by atoms with Gasteiger partial charge in [0.1, 0.15) is 0 Å². The number of hydrogen-bond acceptors (Lipinski definition) is 5. The summed E-state index contributed by atoms with van der Waals surface area (Å²) in [6.07, 6.45) is 3.43. The van der Waals surface area contributed by atoms with Gasteiger partial charge < -0.3 is 15.4 Å². The van der Waals surface area contributed by atoms with Crippen LogP contribution in [0.25, 0.3) is 0 Å². The highest BCUT2D eigenvalue weighted by atomic mass is 35.5. The molecule has 2 fully saturated rings. The smallest absolute Gasteiger partial charge is 0.261 e. The summed E-state index contributed by atoms with van der Waals surface area (Å²) in [4.78, 5) is 13.0. The third-order valence-corrected chi connectivity index (χ3v) is 6.24. The van der Waals surface area contributed by atoms with Crippen LogP contribution in [-0.4, -0.2) is 24.0 Å². The highest BCUT2D eigenvalue weighted by molar-refractivity contribution is 7.18. The van der Waals surface area contributed by atoms with Crippen molar-refractivity contribution >= 4 is 40.2 Å². The highest BCUT2D eigenvalue weighted by Gasteiger charge is 2.39. The Bertz CT molecular complexity index is 699. The van der Waals surface area contributed by atoms with Gasteiger partial charge in [-0.1, -0.05) is 34.3 Å². The maximum absolute atomic E-state index is 12.3. The van der Waals surface area contributed by atoms with E-state index in [4.69, 9.17) is 16.3 Å². The van der Waals surface area contributed by atoms with Gasteiger partial charge in [-0.3, -0.25) is 4.79 Å². The fourth-order valence-electron chi connectivity index (χ4n) is 3.17. The number of carbonyl (C=O) groups excluding carboxylic acids is 1. The van der Waals surface area contributed by atoms with Gasteiger partial charge in [0.05, 0.1) is 9.21 Å². The second-order valence-corrected chi connectivity index (χ2v) is 8.37. The number of fused-ring (bicyclic) bond motifs is 2. The number of ether oxygens (including phenoxy) is 1. The molecule has 2 saturated heterocycles. The number of amides is 1. The van der Waals surface area contributed by atoms with Gasteiger partial charge in [-0.25, -0.2) is 0 Å². The molecule has 2 aromatic heterocycles.